The number of amides is 2. The van der Waals surface area contributed by atoms with E-state index in [0.717, 1.165) is 16.5 Å². The fourth-order valence-electron chi connectivity index (χ4n) is 2.89. The normalized spacial score (nSPS) is 12.2. The number of carbonyl (C=O) groups is 2. The van der Waals surface area contributed by atoms with E-state index in [0.29, 0.717) is 12.3 Å². The fourth-order valence-corrected chi connectivity index (χ4v) is 3.16. The Kier molecular flexibility index (Phi) is 8.47. The van der Waals surface area contributed by atoms with Gasteiger partial charge < -0.3 is 15.0 Å². The summed E-state index contributed by atoms with van der Waals surface area (Å²) in [4.78, 5) is 27.3. The zero-order chi connectivity index (χ0) is 22.3. The van der Waals surface area contributed by atoms with Gasteiger partial charge in [0.1, 0.15) is 11.8 Å². The quantitative estimate of drug-likeness (QED) is 0.601. The van der Waals surface area contributed by atoms with Crippen LogP contribution in [0.5, 0.6) is 5.75 Å². The number of ether oxygens (including phenoxy) is 1. The molecule has 2 aromatic rings. The average Bonchev–Trinajstić information content (AvgIpc) is 2.70. The largest absolute Gasteiger partial charge is 0.484 e. The maximum atomic E-state index is 13.0. The molecule has 0 saturated carbocycles. The lowest BCUT2D eigenvalue weighted by molar-refractivity contribution is -0.142. The molecule has 2 aromatic carbocycles. The Morgan fingerprint density at radius 1 is 1.03 bits per heavy atom. The van der Waals surface area contributed by atoms with Crippen molar-refractivity contribution in [2.75, 3.05) is 6.61 Å². The predicted octanol–water partition coefficient (Wildman–Crippen LogP) is 4.72. The number of rotatable bonds is 8. The minimum Gasteiger partial charge on any atom is -0.484 e. The standard InChI is InChI=1S/C24H31BrN2O3/c1-6-18-9-13-21(14-10-18)30-16-22(28)27(15-19-7-11-20(25)12-8-19)17(2)23(29)26-24(3,4)5/h7-14,17H,6,15-16H2,1-5H3,(H,26,29)/t17-/m0/s1. The minimum absolute atomic E-state index is 0.130. The second-order valence-electron chi connectivity index (χ2n) is 8.35. The van der Waals surface area contributed by atoms with Crippen LogP contribution in [0.2, 0.25) is 0 Å². The van der Waals surface area contributed by atoms with Crippen molar-refractivity contribution in [1.82, 2.24) is 10.2 Å². The molecular weight excluding hydrogens is 444 g/mol. The molecule has 0 aliphatic carbocycles. The van der Waals surface area contributed by atoms with Crippen LogP contribution in [-0.2, 0) is 22.6 Å². The Morgan fingerprint density at radius 3 is 2.13 bits per heavy atom. The van der Waals surface area contributed by atoms with Gasteiger partial charge in [0.25, 0.3) is 5.91 Å². The summed E-state index contributed by atoms with van der Waals surface area (Å²) in [5.41, 5.74) is 1.77. The molecule has 0 saturated heterocycles. The van der Waals surface area contributed by atoms with E-state index < -0.39 is 6.04 Å². The van der Waals surface area contributed by atoms with Crippen LogP contribution in [-0.4, -0.2) is 34.9 Å². The van der Waals surface area contributed by atoms with Crippen molar-refractivity contribution in [3.05, 3.63) is 64.1 Å². The fraction of sp³-hybridized carbons (Fsp3) is 0.417. The van der Waals surface area contributed by atoms with E-state index >= 15 is 0 Å². The molecule has 5 nitrogen and oxygen atoms in total. The number of hydrogen-bond donors (Lipinski definition) is 1. The first-order valence-electron chi connectivity index (χ1n) is 10.2. The van der Waals surface area contributed by atoms with Crippen LogP contribution in [0.3, 0.4) is 0 Å². The highest BCUT2D eigenvalue weighted by Gasteiger charge is 2.28. The van der Waals surface area contributed by atoms with E-state index in [2.05, 4.69) is 28.2 Å². The maximum Gasteiger partial charge on any atom is 0.261 e. The van der Waals surface area contributed by atoms with Gasteiger partial charge in [-0.05, 0) is 69.5 Å². The Balaban J connectivity index is 2.14. The minimum atomic E-state index is -0.633. The van der Waals surface area contributed by atoms with Crippen molar-refractivity contribution < 1.29 is 14.3 Å². The Morgan fingerprint density at radius 2 is 1.60 bits per heavy atom. The van der Waals surface area contributed by atoms with Gasteiger partial charge in [0, 0.05) is 16.6 Å². The van der Waals surface area contributed by atoms with Gasteiger partial charge in [0.2, 0.25) is 5.91 Å². The Labute approximate surface area is 187 Å². The molecule has 1 N–H and O–H groups in total. The number of nitrogens with zero attached hydrogens (tertiary/aromatic N) is 1. The summed E-state index contributed by atoms with van der Waals surface area (Å²) in [6.45, 7) is 9.78. The molecule has 0 bridgehead atoms. The first-order valence-corrected chi connectivity index (χ1v) is 11.0. The summed E-state index contributed by atoms with van der Waals surface area (Å²) in [6.07, 6.45) is 0.945. The van der Waals surface area contributed by atoms with Gasteiger partial charge in [-0.15, -0.1) is 0 Å². The monoisotopic (exact) mass is 474 g/mol. The maximum absolute atomic E-state index is 13.0. The van der Waals surface area contributed by atoms with Crippen LogP contribution in [0.4, 0.5) is 0 Å². The number of benzene rings is 2. The molecule has 0 aliphatic heterocycles. The van der Waals surface area contributed by atoms with E-state index in [1.165, 1.54) is 5.56 Å². The number of hydrogen-bond acceptors (Lipinski definition) is 3. The molecule has 2 rings (SSSR count). The lowest BCUT2D eigenvalue weighted by atomic mass is 10.1. The van der Waals surface area contributed by atoms with E-state index in [9.17, 15) is 9.59 Å². The molecule has 0 fully saturated rings. The van der Waals surface area contributed by atoms with Crippen LogP contribution >= 0.6 is 15.9 Å². The molecule has 2 amide bonds. The summed E-state index contributed by atoms with van der Waals surface area (Å²) in [5, 5.41) is 2.95. The summed E-state index contributed by atoms with van der Waals surface area (Å²) in [5.74, 6) is 0.199. The smallest absolute Gasteiger partial charge is 0.261 e. The van der Waals surface area contributed by atoms with Crippen LogP contribution in [0.1, 0.15) is 45.7 Å². The van der Waals surface area contributed by atoms with E-state index in [4.69, 9.17) is 4.74 Å². The van der Waals surface area contributed by atoms with Gasteiger partial charge in [-0.1, -0.05) is 47.1 Å². The van der Waals surface area contributed by atoms with Crippen LogP contribution in [0.25, 0.3) is 0 Å². The third kappa shape index (κ3) is 7.48. The molecule has 0 unspecified atom stereocenters. The van der Waals surface area contributed by atoms with Gasteiger partial charge >= 0.3 is 0 Å². The molecule has 6 heteroatoms. The van der Waals surface area contributed by atoms with Crippen molar-refractivity contribution in [3.8, 4) is 5.75 Å². The first kappa shape index (κ1) is 23.9. The van der Waals surface area contributed by atoms with Gasteiger partial charge in [-0.3, -0.25) is 9.59 Å². The zero-order valence-electron chi connectivity index (χ0n) is 18.4. The van der Waals surface area contributed by atoms with Crippen molar-refractivity contribution in [1.29, 1.82) is 0 Å². The van der Waals surface area contributed by atoms with Gasteiger partial charge in [0.15, 0.2) is 6.61 Å². The van der Waals surface area contributed by atoms with E-state index in [1.807, 2.05) is 69.3 Å². The topological polar surface area (TPSA) is 58.6 Å². The lowest BCUT2D eigenvalue weighted by Crippen LogP contribution is -2.53. The molecule has 162 valence electrons. The highest BCUT2D eigenvalue weighted by molar-refractivity contribution is 9.10. The number of aryl methyl sites for hydroxylation is 1. The highest BCUT2D eigenvalue weighted by Crippen LogP contribution is 2.16. The summed E-state index contributed by atoms with van der Waals surface area (Å²) in [6, 6.07) is 14.8. The Bertz CT molecular complexity index is 842. The molecule has 0 aromatic heterocycles. The zero-order valence-corrected chi connectivity index (χ0v) is 20.0. The summed E-state index contributed by atoms with van der Waals surface area (Å²) < 4.78 is 6.67. The van der Waals surface area contributed by atoms with E-state index in [-0.39, 0.29) is 24.0 Å². The van der Waals surface area contributed by atoms with Crippen molar-refractivity contribution in [2.45, 2.75) is 59.2 Å². The second kappa shape index (κ2) is 10.6. The number of nitrogens with one attached hydrogen (secondary N) is 1. The molecule has 0 spiro atoms. The highest BCUT2D eigenvalue weighted by atomic mass is 79.9. The molecule has 0 aliphatic rings. The molecule has 0 heterocycles. The third-order valence-corrected chi connectivity index (χ3v) is 5.15. The van der Waals surface area contributed by atoms with Crippen molar-refractivity contribution in [3.63, 3.8) is 0 Å². The second-order valence-corrected chi connectivity index (χ2v) is 9.27. The van der Waals surface area contributed by atoms with Gasteiger partial charge in [-0.25, -0.2) is 0 Å². The molecule has 30 heavy (non-hydrogen) atoms. The summed E-state index contributed by atoms with van der Waals surface area (Å²) >= 11 is 3.42. The lowest BCUT2D eigenvalue weighted by Gasteiger charge is -2.31. The van der Waals surface area contributed by atoms with Crippen molar-refractivity contribution >= 4 is 27.7 Å². The third-order valence-electron chi connectivity index (χ3n) is 4.63. The predicted molar refractivity (Wildman–Crippen MR) is 123 cm³/mol. The van der Waals surface area contributed by atoms with E-state index in [1.54, 1.807) is 11.8 Å². The summed E-state index contributed by atoms with van der Waals surface area (Å²) in [7, 11) is 0. The van der Waals surface area contributed by atoms with Crippen LogP contribution in [0.15, 0.2) is 53.0 Å². The molecular formula is C24H31BrN2O3. The average molecular weight is 475 g/mol. The van der Waals surface area contributed by atoms with Crippen LogP contribution < -0.4 is 10.1 Å². The first-order chi connectivity index (χ1) is 14.1. The number of halogens is 1. The Hall–Kier alpha value is -2.34. The number of carbonyl (C=O) groups excluding carboxylic acids is 2. The van der Waals surface area contributed by atoms with Gasteiger partial charge in [0.05, 0.1) is 0 Å². The SMILES string of the molecule is CCc1ccc(OCC(=O)N(Cc2ccc(Br)cc2)[C@@H](C)C(=O)NC(C)(C)C)cc1. The van der Waals surface area contributed by atoms with Crippen LogP contribution in [0, 0.1) is 0 Å². The van der Waals surface area contributed by atoms with Crippen molar-refractivity contribution in [2.24, 2.45) is 0 Å². The molecule has 0 radical (unpaired) electrons. The molecule has 1 atom stereocenters. The van der Waals surface area contributed by atoms with Gasteiger partial charge in [-0.2, -0.15) is 0 Å².